The van der Waals surface area contributed by atoms with Gasteiger partial charge in [-0.2, -0.15) is 4.98 Å². The van der Waals surface area contributed by atoms with Crippen molar-refractivity contribution in [1.29, 1.82) is 0 Å². The summed E-state index contributed by atoms with van der Waals surface area (Å²) in [7, 11) is 0. The van der Waals surface area contributed by atoms with Crippen molar-refractivity contribution in [2.75, 3.05) is 31.1 Å². The van der Waals surface area contributed by atoms with Crippen molar-refractivity contribution in [2.45, 2.75) is 69.9 Å². The van der Waals surface area contributed by atoms with E-state index in [9.17, 15) is 9.90 Å². The number of aromatic nitrogens is 5. The number of benzene rings is 1. The molecule has 9 nitrogen and oxygen atoms in total. The van der Waals surface area contributed by atoms with E-state index >= 15 is 0 Å². The second-order valence-corrected chi connectivity index (χ2v) is 13.1. The SMILES string of the molecule is C[C@H](c1ccc(Cl)cc1Cl)n1nnc2c(C3CC3)nc(N3CC([C@H]4CCCN(C5CC[C@@H](C(=O)O)C5)C4)C3)nc21. The van der Waals surface area contributed by atoms with Crippen LogP contribution in [0.1, 0.15) is 75.1 Å². The summed E-state index contributed by atoms with van der Waals surface area (Å²) in [5.74, 6) is 1.65. The highest BCUT2D eigenvalue weighted by molar-refractivity contribution is 6.35. The van der Waals surface area contributed by atoms with Gasteiger partial charge in [-0.25, -0.2) is 9.67 Å². The topological polar surface area (TPSA) is 100 Å². The fraction of sp³-hybridized carbons (Fsp3) is 0.621. The minimum atomic E-state index is -0.629. The van der Waals surface area contributed by atoms with Crippen LogP contribution in [0.25, 0.3) is 11.2 Å². The number of nitrogens with zero attached hydrogens (tertiary/aromatic N) is 7. The van der Waals surface area contributed by atoms with Gasteiger partial charge in [0.05, 0.1) is 17.7 Å². The average molecular weight is 585 g/mol. The lowest BCUT2D eigenvalue weighted by molar-refractivity contribution is -0.141. The summed E-state index contributed by atoms with van der Waals surface area (Å²) in [6.07, 6.45) is 7.32. The van der Waals surface area contributed by atoms with Gasteiger partial charge < -0.3 is 14.9 Å². The van der Waals surface area contributed by atoms with Gasteiger partial charge in [-0.3, -0.25) is 4.79 Å². The van der Waals surface area contributed by atoms with Gasteiger partial charge in [0.25, 0.3) is 0 Å². The molecule has 4 aliphatic rings. The first-order valence-corrected chi connectivity index (χ1v) is 15.4. The van der Waals surface area contributed by atoms with Gasteiger partial charge >= 0.3 is 5.97 Å². The number of rotatable bonds is 7. The van der Waals surface area contributed by atoms with E-state index in [1.807, 2.05) is 16.8 Å². The Balaban J connectivity index is 1.09. The molecule has 1 unspecified atom stereocenters. The second-order valence-electron chi connectivity index (χ2n) is 12.3. The van der Waals surface area contributed by atoms with Crippen molar-refractivity contribution < 1.29 is 9.90 Å². The summed E-state index contributed by atoms with van der Waals surface area (Å²) in [4.78, 5) is 26.4. The second kappa shape index (κ2) is 10.4. The molecule has 40 heavy (non-hydrogen) atoms. The van der Waals surface area contributed by atoms with Gasteiger partial charge in [0.15, 0.2) is 11.2 Å². The first-order valence-electron chi connectivity index (χ1n) is 14.6. The van der Waals surface area contributed by atoms with E-state index in [1.54, 1.807) is 6.07 Å². The quantitative estimate of drug-likeness (QED) is 0.393. The lowest BCUT2D eigenvalue weighted by Crippen LogP contribution is -2.55. The molecule has 1 N–H and O–H groups in total. The van der Waals surface area contributed by atoms with Crippen molar-refractivity contribution in [3.05, 3.63) is 39.5 Å². The van der Waals surface area contributed by atoms with Crippen LogP contribution in [0, 0.1) is 17.8 Å². The molecule has 2 aliphatic heterocycles. The van der Waals surface area contributed by atoms with Crippen LogP contribution in [0.3, 0.4) is 0 Å². The maximum Gasteiger partial charge on any atom is 0.306 e. The molecule has 4 atom stereocenters. The minimum absolute atomic E-state index is 0.154. The molecule has 2 aliphatic carbocycles. The normalized spacial score (nSPS) is 26.8. The molecule has 4 fully saturated rings. The van der Waals surface area contributed by atoms with Gasteiger partial charge in [-0.15, -0.1) is 5.10 Å². The zero-order chi connectivity index (χ0) is 27.5. The number of piperidine rings is 1. The molecule has 1 aromatic carbocycles. The maximum absolute atomic E-state index is 11.5. The zero-order valence-electron chi connectivity index (χ0n) is 22.7. The molecule has 0 bridgehead atoms. The summed E-state index contributed by atoms with van der Waals surface area (Å²) in [5.41, 5.74) is 3.49. The lowest BCUT2D eigenvalue weighted by Gasteiger charge is -2.47. The molecule has 2 saturated carbocycles. The number of halogens is 2. The van der Waals surface area contributed by atoms with E-state index in [1.165, 1.54) is 12.8 Å². The number of carbonyl (C=O) groups is 1. The van der Waals surface area contributed by atoms with E-state index in [0.717, 1.165) is 86.7 Å². The third kappa shape index (κ3) is 4.84. The standard InChI is InChI=1S/C29H35Cl2N7O2/c1-16(23-9-7-21(30)12-24(23)31)38-27-26(34-35-38)25(17-4-5-17)32-29(33-27)37-14-20(15-37)19-3-2-10-36(13-19)22-8-6-18(11-22)28(39)40/h7,9,12,16-20,22H,2-6,8,10-11,13-15H2,1H3,(H,39,40)/t16-,18-,19+,22?/m1/s1. The molecule has 0 amide bonds. The Bertz CT molecular complexity index is 1440. The first kappa shape index (κ1) is 26.4. The Labute approximate surface area is 243 Å². The number of likely N-dealkylation sites (tertiary alicyclic amines) is 1. The summed E-state index contributed by atoms with van der Waals surface area (Å²) in [5, 5.41) is 19.7. The third-order valence-electron chi connectivity index (χ3n) is 9.70. The molecule has 11 heteroatoms. The molecule has 3 aromatic rings. The predicted octanol–water partition coefficient (Wildman–Crippen LogP) is 5.42. The fourth-order valence-electron chi connectivity index (χ4n) is 7.10. The van der Waals surface area contributed by atoms with Gasteiger partial charge in [0.2, 0.25) is 5.95 Å². The van der Waals surface area contributed by atoms with Crippen molar-refractivity contribution in [2.24, 2.45) is 17.8 Å². The van der Waals surface area contributed by atoms with Gasteiger partial charge in [0, 0.05) is 41.6 Å². The van der Waals surface area contributed by atoms with E-state index < -0.39 is 5.97 Å². The van der Waals surface area contributed by atoms with Crippen LogP contribution >= 0.6 is 23.2 Å². The van der Waals surface area contributed by atoms with E-state index in [0.29, 0.717) is 33.8 Å². The molecule has 4 heterocycles. The minimum Gasteiger partial charge on any atom is -0.481 e. The molecule has 2 saturated heterocycles. The van der Waals surface area contributed by atoms with Crippen molar-refractivity contribution in [3.8, 4) is 0 Å². The average Bonchev–Trinajstić information content (AvgIpc) is 3.46. The van der Waals surface area contributed by atoms with Crippen LogP contribution in [-0.4, -0.2) is 73.2 Å². The summed E-state index contributed by atoms with van der Waals surface area (Å²) in [6, 6.07) is 5.81. The Hall–Kier alpha value is -2.49. The number of carboxylic acid groups (broad SMARTS) is 1. The summed E-state index contributed by atoms with van der Waals surface area (Å²) >= 11 is 12.7. The number of fused-ring (bicyclic) bond motifs is 1. The van der Waals surface area contributed by atoms with Crippen molar-refractivity contribution >= 4 is 46.3 Å². The highest BCUT2D eigenvalue weighted by atomic mass is 35.5. The Morgan fingerprint density at radius 1 is 1.05 bits per heavy atom. The maximum atomic E-state index is 11.5. The van der Waals surface area contributed by atoms with Crippen LogP contribution in [0.5, 0.6) is 0 Å². The van der Waals surface area contributed by atoms with Gasteiger partial charge in [-0.1, -0.05) is 34.5 Å². The molecule has 0 radical (unpaired) electrons. The lowest BCUT2D eigenvalue weighted by atomic mass is 9.80. The van der Waals surface area contributed by atoms with Gasteiger partial charge in [-0.05, 0) is 87.9 Å². The summed E-state index contributed by atoms with van der Waals surface area (Å²) < 4.78 is 1.86. The molecule has 0 spiro atoms. The van der Waals surface area contributed by atoms with E-state index in [2.05, 4.69) is 27.0 Å². The zero-order valence-corrected chi connectivity index (χ0v) is 24.2. The molecule has 2 aromatic heterocycles. The third-order valence-corrected chi connectivity index (χ3v) is 10.3. The smallest absolute Gasteiger partial charge is 0.306 e. The monoisotopic (exact) mass is 583 g/mol. The number of hydrogen-bond acceptors (Lipinski definition) is 7. The molecular weight excluding hydrogens is 549 g/mol. The van der Waals surface area contributed by atoms with Gasteiger partial charge in [0.1, 0.15) is 0 Å². The van der Waals surface area contributed by atoms with Crippen molar-refractivity contribution in [1.82, 2.24) is 29.9 Å². The van der Waals surface area contributed by atoms with Crippen LogP contribution in [0.15, 0.2) is 18.2 Å². The largest absolute Gasteiger partial charge is 0.481 e. The van der Waals surface area contributed by atoms with Crippen LogP contribution < -0.4 is 4.90 Å². The van der Waals surface area contributed by atoms with E-state index in [-0.39, 0.29) is 12.0 Å². The predicted molar refractivity (Wildman–Crippen MR) is 154 cm³/mol. The summed E-state index contributed by atoms with van der Waals surface area (Å²) in [6.45, 7) is 6.15. The number of anilines is 1. The van der Waals surface area contributed by atoms with Crippen molar-refractivity contribution in [3.63, 3.8) is 0 Å². The van der Waals surface area contributed by atoms with Crippen LogP contribution in [-0.2, 0) is 4.79 Å². The molecule has 212 valence electrons. The van der Waals surface area contributed by atoms with E-state index in [4.69, 9.17) is 33.2 Å². The molecule has 7 rings (SSSR count). The molecular formula is C29H35Cl2N7O2. The highest BCUT2D eigenvalue weighted by Crippen LogP contribution is 2.43. The Morgan fingerprint density at radius 3 is 2.60 bits per heavy atom. The fourth-order valence-corrected chi connectivity index (χ4v) is 7.67. The number of hydrogen-bond donors (Lipinski definition) is 1. The Morgan fingerprint density at radius 2 is 1.88 bits per heavy atom. The number of aliphatic carboxylic acids is 1. The first-order chi connectivity index (χ1) is 19.4. The Kier molecular flexibility index (Phi) is 6.87. The number of carboxylic acids is 1. The van der Waals surface area contributed by atoms with Crippen LogP contribution in [0.2, 0.25) is 10.0 Å². The highest BCUT2D eigenvalue weighted by Gasteiger charge is 2.41. The van der Waals surface area contributed by atoms with Crippen LogP contribution in [0.4, 0.5) is 5.95 Å².